The van der Waals surface area contributed by atoms with Crippen LogP contribution in [0.1, 0.15) is 18.1 Å². The van der Waals surface area contributed by atoms with E-state index in [1.165, 1.54) is 23.4 Å². The Morgan fingerprint density at radius 3 is 2.69 bits per heavy atom. The van der Waals surface area contributed by atoms with Gasteiger partial charge in [0.25, 0.3) is 0 Å². The molecule has 1 aliphatic heterocycles. The van der Waals surface area contributed by atoms with E-state index in [1.807, 2.05) is 31.2 Å². The first-order valence-corrected chi connectivity index (χ1v) is 9.21. The van der Waals surface area contributed by atoms with Crippen LogP contribution >= 0.6 is 23.4 Å². The fourth-order valence-electron chi connectivity index (χ4n) is 2.14. The number of rotatable bonds is 5. The van der Waals surface area contributed by atoms with Crippen molar-refractivity contribution in [1.82, 2.24) is 5.32 Å². The number of amidine groups is 2. The van der Waals surface area contributed by atoms with Crippen molar-refractivity contribution >= 4 is 39.4 Å². The van der Waals surface area contributed by atoms with E-state index in [9.17, 15) is 4.39 Å². The number of hydrogen-bond acceptors (Lipinski definition) is 4. The van der Waals surface area contributed by atoms with Crippen molar-refractivity contribution in [3.05, 3.63) is 76.3 Å². The summed E-state index contributed by atoms with van der Waals surface area (Å²) < 4.78 is 13.1. The van der Waals surface area contributed by atoms with Crippen molar-refractivity contribution in [2.24, 2.45) is 9.98 Å². The highest BCUT2D eigenvalue weighted by Gasteiger charge is 2.16. The van der Waals surface area contributed by atoms with Gasteiger partial charge in [0.15, 0.2) is 10.3 Å². The maximum Gasteiger partial charge on any atom is 0.197 e. The van der Waals surface area contributed by atoms with Gasteiger partial charge in [-0.2, -0.15) is 4.99 Å². The highest BCUT2D eigenvalue weighted by molar-refractivity contribution is 8.29. The lowest BCUT2D eigenvalue weighted by Crippen LogP contribution is -2.19. The molecule has 0 bridgehead atoms. The molecule has 1 aliphatic rings. The number of nitrogens with one attached hydrogen (secondary N) is 2. The highest BCUT2D eigenvalue weighted by atomic mass is 35.5. The smallest absolute Gasteiger partial charge is 0.197 e. The molecule has 0 unspecified atom stereocenters. The van der Waals surface area contributed by atoms with Crippen LogP contribution in [0.3, 0.4) is 0 Å². The molecule has 2 aromatic carbocycles. The molecule has 2 aromatic rings. The van der Waals surface area contributed by atoms with Crippen molar-refractivity contribution in [3.8, 4) is 0 Å². The average Bonchev–Trinajstić information content (AvgIpc) is 2.59. The summed E-state index contributed by atoms with van der Waals surface area (Å²) in [7, 11) is 0. The molecule has 0 radical (unpaired) electrons. The molecule has 1 heterocycles. The van der Waals surface area contributed by atoms with Gasteiger partial charge in [-0.05, 0) is 55.4 Å². The first-order chi connectivity index (χ1) is 12.5. The third-order valence-electron chi connectivity index (χ3n) is 3.61. The number of allylic oxidation sites excluding steroid dienone is 1. The van der Waals surface area contributed by atoms with E-state index in [0.717, 1.165) is 22.1 Å². The summed E-state index contributed by atoms with van der Waals surface area (Å²) in [5, 5.41) is 8.09. The average molecular weight is 389 g/mol. The van der Waals surface area contributed by atoms with Crippen molar-refractivity contribution in [2.75, 3.05) is 5.32 Å². The molecule has 0 aromatic heterocycles. The number of thioether (sulfide) groups is 1. The molecule has 0 amide bonds. The second-order valence-electron chi connectivity index (χ2n) is 5.84. The Morgan fingerprint density at radius 1 is 1.27 bits per heavy atom. The Labute approximate surface area is 161 Å². The van der Waals surface area contributed by atoms with Gasteiger partial charge in [0.2, 0.25) is 0 Å². The van der Waals surface area contributed by atoms with Crippen LogP contribution in [0.2, 0.25) is 5.02 Å². The quantitative estimate of drug-likeness (QED) is 0.729. The zero-order valence-corrected chi connectivity index (χ0v) is 16.0. The SMILES string of the molecule is CC(=CN=C1N=C(Nc2ccc(C)cc2)S1)NCc1ccc(F)c(Cl)c1. The third kappa shape index (κ3) is 5.09. The van der Waals surface area contributed by atoms with Gasteiger partial charge in [-0.3, -0.25) is 0 Å². The van der Waals surface area contributed by atoms with Gasteiger partial charge in [0, 0.05) is 24.1 Å². The van der Waals surface area contributed by atoms with Crippen LogP contribution in [-0.4, -0.2) is 10.3 Å². The fourth-order valence-corrected chi connectivity index (χ4v) is 2.93. The van der Waals surface area contributed by atoms with Gasteiger partial charge < -0.3 is 10.6 Å². The minimum atomic E-state index is -0.413. The molecule has 0 atom stereocenters. The number of halogens is 2. The Morgan fingerprint density at radius 2 is 2.00 bits per heavy atom. The van der Waals surface area contributed by atoms with Gasteiger partial charge in [0.1, 0.15) is 5.82 Å². The number of nitrogens with zero attached hydrogens (tertiary/aromatic N) is 2. The summed E-state index contributed by atoms with van der Waals surface area (Å²) in [6.45, 7) is 4.51. The Kier molecular flexibility index (Phi) is 5.96. The maximum atomic E-state index is 13.1. The zero-order chi connectivity index (χ0) is 18.5. The van der Waals surface area contributed by atoms with Crippen LogP contribution < -0.4 is 10.6 Å². The molecule has 0 fully saturated rings. The molecule has 2 N–H and O–H groups in total. The number of aryl methyl sites for hydroxylation is 1. The van der Waals surface area contributed by atoms with Crippen LogP contribution in [0, 0.1) is 12.7 Å². The summed E-state index contributed by atoms with van der Waals surface area (Å²) in [4.78, 5) is 8.66. The topological polar surface area (TPSA) is 48.8 Å². The molecule has 134 valence electrons. The summed E-state index contributed by atoms with van der Waals surface area (Å²) in [5.74, 6) is -0.413. The van der Waals surface area contributed by atoms with Crippen LogP contribution in [0.15, 0.2) is 64.3 Å². The highest BCUT2D eigenvalue weighted by Crippen LogP contribution is 2.22. The summed E-state index contributed by atoms with van der Waals surface area (Å²) in [6, 6.07) is 12.8. The number of aliphatic imine (C=N–C) groups is 2. The van der Waals surface area contributed by atoms with E-state index in [-0.39, 0.29) is 5.02 Å². The zero-order valence-electron chi connectivity index (χ0n) is 14.4. The summed E-state index contributed by atoms with van der Waals surface area (Å²) in [6.07, 6.45) is 1.72. The van der Waals surface area contributed by atoms with E-state index < -0.39 is 5.82 Å². The lowest BCUT2D eigenvalue weighted by molar-refractivity contribution is 0.627. The molecule has 7 heteroatoms. The third-order valence-corrected chi connectivity index (χ3v) is 4.67. The van der Waals surface area contributed by atoms with Crippen molar-refractivity contribution in [2.45, 2.75) is 20.4 Å². The van der Waals surface area contributed by atoms with E-state index in [4.69, 9.17) is 11.6 Å². The number of anilines is 1. The summed E-state index contributed by atoms with van der Waals surface area (Å²) in [5.41, 5.74) is 4.01. The molecule has 26 heavy (non-hydrogen) atoms. The predicted octanol–water partition coefficient (Wildman–Crippen LogP) is 5.31. The molecule has 0 aliphatic carbocycles. The molecule has 0 saturated carbocycles. The van der Waals surface area contributed by atoms with Crippen LogP contribution in [0.5, 0.6) is 0 Å². The number of benzene rings is 2. The van der Waals surface area contributed by atoms with Crippen LogP contribution in [-0.2, 0) is 6.54 Å². The lowest BCUT2D eigenvalue weighted by atomic mass is 10.2. The normalized spacial score (nSPS) is 15.5. The number of hydrogen-bond donors (Lipinski definition) is 2. The minimum Gasteiger partial charge on any atom is -0.383 e. The van der Waals surface area contributed by atoms with Crippen molar-refractivity contribution < 1.29 is 4.39 Å². The molecule has 4 nitrogen and oxygen atoms in total. The predicted molar refractivity (Wildman–Crippen MR) is 109 cm³/mol. The van der Waals surface area contributed by atoms with Crippen LogP contribution in [0.4, 0.5) is 10.1 Å². The standard InChI is InChI=1S/C19H18ClFN4S/c1-12-3-6-15(7-4-12)24-19-25-18(26-19)23-10-13(2)22-11-14-5-8-17(21)16(20)9-14/h3-10,22H,11H2,1-2H3,(H,23,24,25). The Bertz CT molecular complexity index is 891. The second kappa shape index (κ2) is 8.38. The largest absolute Gasteiger partial charge is 0.383 e. The van der Waals surface area contributed by atoms with Gasteiger partial charge >= 0.3 is 0 Å². The van der Waals surface area contributed by atoms with Crippen molar-refractivity contribution in [3.63, 3.8) is 0 Å². The Hall–Kier alpha value is -2.31. The summed E-state index contributed by atoms with van der Waals surface area (Å²) >= 11 is 7.27. The first kappa shape index (κ1) is 18.5. The molecular weight excluding hydrogens is 371 g/mol. The molecule has 0 spiro atoms. The van der Waals surface area contributed by atoms with Crippen LogP contribution in [0.25, 0.3) is 0 Å². The molecular formula is C19H18ClFN4S. The lowest BCUT2D eigenvalue weighted by Gasteiger charge is -2.16. The van der Waals surface area contributed by atoms with E-state index in [2.05, 4.69) is 27.5 Å². The Balaban J connectivity index is 1.50. The van der Waals surface area contributed by atoms with E-state index in [0.29, 0.717) is 11.7 Å². The van der Waals surface area contributed by atoms with Gasteiger partial charge in [0.05, 0.1) is 5.02 Å². The van der Waals surface area contributed by atoms with Gasteiger partial charge in [-0.1, -0.05) is 35.4 Å². The van der Waals surface area contributed by atoms with Gasteiger partial charge in [-0.25, -0.2) is 9.38 Å². The van der Waals surface area contributed by atoms with E-state index >= 15 is 0 Å². The maximum absolute atomic E-state index is 13.1. The van der Waals surface area contributed by atoms with Crippen molar-refractivity contribution in [1.29, 1.82) is 0 Å². The second-order valence-corrected chi connectivity index (χ2v) is 7.20. The van der Waals surface area contributed by atoms with E-state index in [1.54, 1.807) is 18.3 Å². The van der Waals surface area contributed by atoms with Gasteiger partial charge in [-0.15, -0.1) is 0 Å². The minimum absolute atomic E-state index is 0.125. The fraction of sp³-hybridized carbons (Fsp3) is 0.158. The molecule has 0 saturated heterocycles. The molecule has 3 rings (SSSR count). The monoisotopic (exact) mass is 388 g/mol. The first-order valence-electron chi connectivity index (χ1n) is 8.02.